The van der Waals surface area contributed by atoms with Crippen molar-refractivity contribution in [2.75, 3.05) is 30.8 Å². The number of benzene rings is 3. The molecular formula is C31H39N3O5S2. The van der Waals surface area contributed by atoms with E-state index in [1.54, 1.807) is 74.7 Å². The maximum absolute atomic E-state index is 14.0. The number of unbranched alkanes of at least 4 members (excludes halogenated alkanes) is 1. The summed E-state index contributed by atoms with van der Waals surface area (Å²) in [5.41, 5.74) is 2.07. The Bertz CT molecular complexity index is 1410. The highest BCUT2D eigenvalue weighted by Gasteiger charge is 2.32. The molecule has 0 unspecified atom stereocenters. The fraction of sp³-hybridized carbons (Fsp3) is 0.355. The molecule has 220 valence electrons. The average molecular weight is 598 g/mol. The Balaban J connectivity index is 2.00. The van der Waals surface area contributed by atoms with Gasteiger partial charge in [0.25, 0.3) is 10.0 Å². The number of anilines is 1. The third-order valence-corrected chi connectivity index (χ3v) is 9.26. The van der Waals surface area contributed by atoms with Crippen LogP contribution in [0.5, 0.6) is 5.75 Å². The van der Waals surface area contributed by atoms with Gasteiger partial charge in [0.2, 0.25) is 11.8 Å². The first-order chi connectivity index (χ1) is 19.6. The number of rotatable bonds is 14. The van der Waals surface area contributed by atoms with Crippen LogP contribution in [-0.2, 0) is 26.2 Å². The largest absolute Gasteiger partial charge is 0.497 e. The predicted molar refractivity (Wildman–Crippen MR) is 165 cm³/mol. The van der Waals surface area contributed by atoms with Gasteiger partial charge in [-0.15, -0.1) is 11.8 Å². The van der Waals surface area contributed by atoms with E-state index in [9.17, 15) is 18.0 Å². The first-order valence-electron chi connectivity index (χ1n) is 13.5. The minimum atomic E-state index is -4.11. The third-order valence-electron chi connectivity index (χ3n) is 6.73. The van der Waals surface area contributed by atoms with Crippen LogP contribution in [0, 0.1) is 6.92 Å². The van der Waals surface area contributed by atoms with Gasteiger partial charge >= 0.3 is 0 Å². The second-order valence-electron chi connectivity index (χ2n) is 9.72. The standard InChI is InChI=1S/C31H39N3O5S2/c1-6-7-19-32-31(36)24(3)33(21-25-9-8-10-27(20-25)39-4)30(35)22-34(26-13-11-23(2)12-14-26)41(37,38)29-17-15-28(40-5)16-18-29/h8-18,20,24H,6-7,19,21-22H2,1-5H3,(H,32,36)/t24-/m0/s1. The Morgan fingerprint density at radius 1 is 1.02 bits per heavy atom. The minimum Gasteiger partial charge on any atom is -0.497 e. The van der Waals surface area contributed by atoms with E-state index in [2.05, 4.69) is 5.32 Å². The smallest absolute Gasteiger partial charge is 0.264 e. The summed E-state index contributed by atoms with van der Waals surface area (Å²) < 4.78 is 34.4. The van der Waals surface area contributed by atoms with Crippen molar-refractivity contribution in [2.24, 2.45) is 0 Å². The minimum absolute atomic E-state index is 0.0772. The number of thioether (sulfide) groups is 1. The number of hydrogen-bond acceptors (Lipinski definition) is 6. The predicted octanol–water partition coefficient (Wildman–Crippen LogP) is 5.25. The fourth-order valence-electron chi connectivity index (χ4n) is 4.20. The number of amides is 2. The number of nitrogens with zero attached hydrogens (tertiary/aromatic N) is 2. The Labute approximate surface area is 248 Å². The molecule has 0 aliphatic rings. The zero-order chi connectivity index (χ0) is 30.0. The Morgan fingerprint density at radius 2 is 1.71 bits per heavy atom. The zero-order valence-corrected chi connectivity index (χ0v) is 25.9. The van der Waals surface area contributed by atoms with Crippen molar-refractivity contribution >= 4 is 39.3 Å². The van der Waals surface area contributed by atoms with E-state index in [1.807, 2.05) is 32.2 Å². The number of carbonyl (C=O) groups is 2. The quantitative estimate of drug-likeness (QED) is 0.201. The van der Waals surface area contributed by atoms with Crippen LogP contribution >= 0.6 is 11.8 Å². The summed E-state index contributed by atoms with van der Waals surface area (Å²) in [6.45, 7) is 5.71. The number of ether oxygens (including phenoxy) is 1. The van der Waals surface area contributed by atoms with Crippen molar-refractivity contribution in [3.63, 3.8) is 0 Å². The Morgan fingerprint density at radius 3 is 2.32 bits per heavy atom. The number of nitrogens with one attached hydrogen (secondary N) is 1. The summed E-state index contributed by atoms with van der Waals surface area (Å²) in [7, 11) is -2.55. The molecule has 10 heteroatoms. The molecule has 8 nitrogen and oxygen atoms in total. The molecule has 0 bridgehead atoms. The molecule has 3 aromatic carbocycles. The highest BCUT2D eigenvalue weighted by atomic mass is 32.2. The summed E-state index contributed by atoms with van der Waals surface area (Å²) in [4.78, 5) is 29.5. The van der Waals surface area contributed by atoms with Crippen LogP contribution in [0.3, 0.4) is 0 Å². The van der Waals surface area contributed by atoms with Gasteiger partial charge in [0.1, 0.15) is 18.3 Å². The SMILES string of the molecule is CCCCNC(=O)[C@H](C)N(Cc1cccc(OC)c1)C(=O)CN(c1ccc(C)cc1)S(=O)(=O)c1ccc(SC)cc1. The molecule has 41 heavy (non-hydrogen) atoms. The number of aryl methyl sites for hydroxylation is 1. The number of carbonyl (C=O) groups excluding carboxylic acids is 2. The summed E-state index contributed by atoms with van der Waals surface area (Å²) in [5.74, 6) is -0.185. The van der Waals surface area contributed by atoms with E-state index in [4.69, 9.17) is 4.74 Å². The lowest BCUT2D eigenvalue weighted by atomic mass is 10.1. The van der Waals surface area contributed by atoms with Crippen LogP contribution < -0.4 is 14.4 Å². The Hall–Kier alpha value is -3.50. The van der Waals surface area contributed by atoms with E-state index >= 15 is 0 Å². The second-order valence-corrected chi connectivity index (χ2v) is 12.5. The molecule has 0 radical (unpaired) electrons. The summed E-state index contributed by atoms with van der Waals surface area (Å²) in [5, 5.41) is 2.89. The first-order valence-corrected chi connectivity index (χ1v) is 16.2. The lowest BCUT2D eigenvalue weighted by Gasteiger charge is -2.32. The maximum atomic E-state index is 14.0. The topological polar surface area (TPSA) is 96.0 Å². The molecule has 1 N–H and O–H groups in total. The molecule has 2 amide bonds. The van der Waals surface area contributed by atoms with E-state index < -0.39 is 28.5 Å². The molecule has 0 heterocycles. The molecule has 0 aliphatic heterocycles. The van der Waals surface area contributed by atoms with E-state index in [0.717, 1.165) is 33.2 Å². The van der Waals surface area contributed by atoms with Gasteiger partial charge in [0, 0.05) is 18.0 Å². The molecular weight excluding hydrogens is 558 g/mol. The van der Waals surface area contributed by atoms with Crippen molar-refractivity contribution in [1.29, 1.82) is 0 Å². The normalized spacial score (nSPS) is 11.9. The van der Waals surface area contributed by atoms with Gasteiger partial charge in [-0.2, -0.15) is 0 Å². The molecule has 3 rings (SSSR count). The van der Waals surface area contributed by atoms with Crippen molar-refractivity contribution < 1.29 is 22.7 Å². The van der Waals surface area contributed by atoms with E-state index in [1.165, 1.54) is 16.7 Å². The number of sulfonamides is 1. The second kappa shape index (κ2) is 14.9. The van der Waals surface area contributed by atoms with Crippen LogP contribution in [0.2, 0.25) is 0 Å². The van der Waals surface area contributed by atoms with Gasteiger partial charge in [-0.1, -0.05) is 43.2 Å². The van der Waals surface area contributed by atoms with Crippen LogP contribution in [0.25, 0.3) is 0 Å². The van der Waals surface area contributed by atoms with Crippen molar-refractivity contribution in [1.82, 2.24) is 10.2 Å². The van der Waals surface area contributed by atoms with Crippen molar-refractivity contribution in [3.05, 3.63) is 83.9 Å². The molecule has 0 saturated heterocycles. The maximum Gasteiger partial charge on any atom is 0.264 e. The lowest BCUT2D eigenvalue weighted by Crippen LogP contribution is -2.51. The summed E-state index contributed by atoms with van der Waals surface area (Å²) in [6, 6.07) is 19.9. The van der Waals surface area contributed by atoms with Gasteiger partial charge in [-0.25, -0.2) is 8.42 Å². The molecule has 0 fully saturated rings. The third kappa shape index (κ3) is 8.50. The number of methoxy groups -OCH3 is 1. The zero-order valence-electron chi connectivity index (χ0n) is 24.3. The fourth-order valence-corrected chi connectivity index (χ4v) is 6.02. The van der Waals surface area contributed by atoms with Crippen LogP contribution in [0.4, 0.5) is 5.69 Å². The summed E-state index contributed by atoms with van der Waals surface area (Å²) in [6.07, 6.45) is 3.65. The summed E-state index contributed by atoms with van der Waals surface area (Å²) >= 11 is 1.51. The monoisotopic (exact) mass is 597 g/mol. The van der Waals surface area contributed by atoms with E-state index in [0.29, 0.717) is 18.0 Å². The van der Waals surface area contributed by atoms with Crippen LogP contribution in [0.1, 0.15) is 37.8 Å². The van der Waals surface area contributed by atoms with Crippen molar-refractivity contribution in [2.45, 2.75) is 56.0 Å². The highest BCUT2D eigenvalue weighted by Crippen LogP contribution is 2.27. The number of hydrogen-bond donors (Lipinski definition) is 1. The van der Waals surface area contributed by atoms with E-state index in [-0.39, 0.29) is 17.3 Å². The molecule has 0 saturated carbocycles. The molecule has 0 aromatic heterocycles. The average Bonchev–Trinajstić information content (AvgIpc) is 2.98. The van der Waals surface area contributed by atoms with Crippen LogP contribution in [0.15, 0.2) is 82.6 Å². The molecule has 1 atom stereocenters. The van der Waals surface area contributed by atoms with Gasteiger partial charge < -0.3 is 15.0 Å². The molecule has 0 spiro atoms. The first kappa shape index (κ1) is 32.0. The van der Waals surface area contributed by atoms with Crippen LogP contribution in [-0.4, -0.2) is 57.6 Å². The highest BCUT2D eigenvalue weighted by molar-refractivity contribution is 7.98. The van der Waals surface area contributed by atoms with Gasteiger partial charge in [-0.3, -0.25) is 13.9 Å². The Kier molecular flexibility index (Phi) is 11.7. The van der Waals surface area contributed by atoms with Gasteiger partial charge in [-0.05, 0) is 80.6 Å². The van der Waals surface area contributed by atoms with Gasteiger partial charge in [0.05, 0.1) is 17.7 Å². The van der Waals surface area contributed by atoms with Gasteiger partial charge in [0.15, 0.2) is 0 Å². The molecule has 3 aromatic rings. The van der Waals surface area contributed by atoms with Crippen molar-refractivity contribution in [3.8, 4) is 5.75 Å². The lowest BCUT2D eigenvalue weighted by molar-refractivity contribution is -0.139. The molecule has 0 aliphatic carbocycles.